The minimum Gasteiger partial charge on any atom is -0.383 e. The maximum Gasteiger partial charge on any atom is 0.131 e. The van der Waals surface area contributed by atoms with Crippen molar-refractivity contribution in [3.63, 3.8) is 0 Å². The minimum absolute atomic E-state index is 0.472. The predicted molar refractivity (Wildman–Crippen MR) is 156 cm³/mol. The summed E-state index contributed by atoms with van der Waals surface area (Å²) in [6.45, 7) is 0. The Bertz CT molecular complexity index is 1580. The molecule has 0 aromatic heterocycles. The molecular formula is C32H25ClN4. The molecule has 4 nitrogen and oxygen atoms in total. The van der Waals surface area contributed by atoms with Crippen LogP contribution in [0.2, 0.25) is 5.02 Å². The van der Waals surface area contributed by atoms with Gasteiger partial charge in [-0.3, -0.25) is 0 Å². The molecule has 0 aliphatic heterocycles. The lowest BCUT2D eigenvalue weighted by molar-refractivity contribution is 1.44. The minimum atomic E-state index is 0.472. The van der Waals surface area contributed by atoms with Gasteiger partial charge in [0.25, 0.3) is 0 Å². The first kappa shape index (κ1) is 24.0. The number of nitrogens with two attached hydrogens (primary N) is 2. The summed E-state index contributed by atoms with van der Waals surface area (Å²) in [5.41, 5.74) is 19.8. The molecular weight excluding hydrogens is 476 g/mol. The molecule has 0 amide bonds. The van der Waals surface area contributed by atoms with E-state index in [0.29, 0.717) is 16.7 Å². The summed E-state index contributed by atoms with van der Waals surface area (Å²) in [6, 6.07) is 41.4. The van der Waals surface area contributed by atoms with E-state index in [4.69, 9.17) is 23.1 Å². The van der Waals surface area contributed by atoms with Gasteiger partial charge in [-0.1, -0.05) is 96.5 Å². The van der Waals surface area contributed by atoms with E-state index >= 15 is 0 Å². The Morgan fingerprint density at radius 2 is 1.00 bits per heavy atom. The second kappa shape index (κ2) is 10.9. The highest BCUT2D eigenvalue weighted by Gasteiger charge is 2.07. The molecule has 37 heavy (non-hydrogen) atoms. The summed E-state index contributed by atoms with van der Waals surface area (Å²) in [4.78, 5) is 9.16. The molecule has 0 heterocycles. The van der Waals surface area contributed by atoms with Gasteiger partial charge in [-0.15, -0.1) is 0 Å². The van der Waals surface area contributed by atoms with E-state index in [9.17, 15) is 0 Å². The molecule has 0 bridgehead atoms. The lowest BCUT2D eigenvalue weighted by atomic mass is 9.98. The quantitative estimate of drug-likeness (QED) is 0.185. The maximum atomic E-state index is 6.54. The van der Waals surface area contributed by atoms with E-state index in [0.717, 1.165) is 44.8 Å². The number of hydrogen-bond donors (Lipinski definition) is 2. The molecule has 0 aliphatic carbocycles. The van der Waals surface area contributed by atoms with E-state index < -0.39 is 0 Å². The highest BCUT2D eigenvalue weighted by molar-refractivity contribution is 6.31. The Hall–Kier alpha value is -4.67. The number of benzene rings is 5. The Labute approximate surface area is 221 Å². The normalized spacial score (nSPS) is 11.9. The Morgan fingerprint density at radius 1 is 0.459 bits per heavy atom. The zero-order valence-electron chi connectivity index (χ0n) is 20.1. The van der Waals surface area contributed by atoms with Gasteiger partial charge in [-0.2, -0.15) is 0 Å². The van der Waals surface area contributed by atoms with Crippen molar-refractivity contribution in [2.75, 3.05) is 0 Å². The summed E-state index contributed by atoms with van der Waals surface area (Å²) >= 11 is 6.54. The standard InChI is InChI=1S/C32H25ClN4/c33-28-19-26(22-14-16-29(17-15-22)36-31(34)23-8-3-1-4-9-23)18-27(20-28)25-12-7-13-30(21-25)37-32(35)24-10-5-2-6-11-24/h1-21H,(H2,34,36)(H2,35,37). The van der Waals surface area contributed by atoms with E-state index in [1.807, 2.05) is 121 Å². The number of nitrogens with zero attached hydrogens (tertiary/aromatic N) is 2. The first-order valence-corrected chi connectivity index (χ1v) is 12.2. The largest absolute Gasteiger partial charge is 0.383 e. The smallest absolute Gasteiger partial charge is 0.131 e. The fourth-order valence-corrected chi connectivity index (χ4v) is 4.27. The zero-order chi connectivity index (χ0) is 25.6. The number of rotatable bonds is 6. The van der Waals surface area contributed by atoms with Crippen LogP contribution in [0, 0.1) is 0 Å². The van der Waals surface area contributed by atoms with Crippen molar-refractivity contribution in [3.05, 3.63) is 144 Å². The second-order valence-electron chi connectivity index (χ2n) is 8.55. The molecule has 0 radical (unpaired) electrons. The van der Waals surface area contributed by atoms with Gasteiger partial charge >= 0.3 is 0 Å². The van der Waals surface area contributed by atoms with Crippen molar-refractivity contribution in [1.82, 2.24) is 0 Å². The van der Waals surface area contributed by atoms with E-state index in [-0.39, 0.29) is 0 Å². The highest BCUT2D eigenvalue weighted by Crippen LogP contribution is 2.32. The van der Waals surface area contributed by atoms with Crippen molar-refractivity contribution < 1.29 is 0 Å². The third-order valence-corrected chi connectivity index (χ3v) is 6.13. The van der Waals surface area contributed by atoms with Crippen LogP contribution in [0.25, 0.3) is 22.3 Å². The monoisotopic (exact) mass is 500 g/mol. The van der Waals surface area contributed by atoms with Gasteiger partial charge in [0, 0.05) is 16.1 Å². The van der Waals surface area contributed by atoms with Crippen LogP contribution >= 0.6 is 11.6 Å². The van der Waals surface area contributed by atoms with Gasteiger partial charge in [0.2, 0.25) is 0 Å². The molecule has 5 rings (SSSR count). The SMILES string of the molecule is NC(=Nc1ccc(-c2cc(Cl)cc(-c3cccc(N=C(N)c4ccccc4)c3)c2)cc1)c1ccccc1. The van der Waals surface area contributed by atoms with Crippen LogP contribution in [0.5, 0.6) is 0 Å². The lowest BCUT2D eigenvalue weighted by Gasteiger charge is -2.09. The summed E-state index contributed by atoms with van der Waals surface area (Å²) in [7, 11) is 0. The van der Waals surface area contributed by atoms with Gasteiger partial charge < -0.3 is 11.5 Å². The van der Waals surface area contributed by atoms with Crippen LogP contribution in [-0.4, -0.2) is 11.7 Å². The molecule has 0 aliphatic rings. The molecule has 0 saturated heterocycles. The van der Waals surface area contributed by atoms with Gasteiger partial charge in [0.1, 0.15) is 11.7 Å². The van der Waals surface area contributed by atoms with Crippen LogP contribution in [0.3, 0.4) is 0 Å². The van der Waals surface area contributed by atoms with Gasteiger partial charge in [0.15, 0.2) is 0 Å². The Morgan fingerprint density at radius 3 is 1.59 bits per heavy atom. The second-order valence-corrected chi connectivity index (χ2v) is 8.99. The van der Waals surface area contributed by atoms with Gasteiger partial charge in [-0.05, 0) is 64.7 Å². The first-order chi connectivity index (χ1) is 18.0. The predicted octanol–water partition coefficient (Wildman–Crippen LogP) is 7.75. The summed E-state index contributed by atoms with van der Waals surface area (Å²) < 4.78 is 0. The van der Waals surface area contributed by atoms with E-state index in [1.165, 1.54) is 0 Å². The number of amidine groups is 2. The molecule has 5 aromatic carbocycles. The van der Waals surface area contributed by atoms with Crippen LogP contribution in [0.1, 0.15) is 11.1 Å². The Balaban J connectivity index is 1.42. The van der Waals surface area contributed by atoms with Crippen molar-refractivity contribution >= 4 is 34.6 Å². The number of hydrogen-bond acceptors (Lipinski definition) is 2. The van der Waals surface area contributed by atoms with Crippen LogP contribution in [-0.2, 0) is 0 Å². The molecule has 0 atom stereocenters. The average Bonchev–Trinajstić information content (AvgIpc) is 2.94. The number of aliphatic imine (C=N–C) groups is 2. The fraction of sp³-hybridized carbons (Fsp3) is 0. The molecule has 5 heteroatoms. The van der Waals surface area contributed by atoms with E-state index in [2.05, 4.69) is 16.1 Å². The van der Waals surface area contributed by atoms with Crippen molar-refractivity contribution in [2.24, 2.45) is 21.5 Å². The highest BCUT2D eigenvalue weighted by atomic mass is 35.5. The van der Waals surface area contributed by atoms with Crippen molar-refractivity contribution in [1.29, 1.82) is 0 Å². The van der Waals surface area contributed by atoms with Crippen molar-refractivity contribution in [2.45, 2.75) is 0 Å². The van der Waals surface area contributed by atoms with E-state index in [1.54, 1.807) is 0 Å². The zero-order valence-corrected chi connectivity index (χ0v) is 20.8. The molecule has 0 saturated carbocycles. The lowest BCUT2D eigenvalue weighted by Crippen LogP contribution is -2.12. The molecule has 0 fully saturated rings. The summed E-state index contributed by atoms with van der Waals surface area (Å²) in [5, 5.41) is 0.653. The van der Waals surface area contributed by atoms with Crippen molar-refractivity contribution in [3.8, 4) is 22.3 Å². The fourth-order valence-electron chi connectivity index (χ4n) is 4.03. The third-order valence-electron chi connectivity index (χ3n) is 5.92. The molecule has 0 spiro atoms. The number of halogens is 1. The van der Waals surface area contributed by atoms with Gasteiger partial charge in [-0.25, -0.2) is 9.98 Å². The van der Waals surface area contributed by atoms with Crippen LogP contribution < -0.4 is 11.5 Å². The maximum absolute atomic E-state index is 6.54. The Kier molecular flexibility index (Phi) is 7.11. The topological polar surface area (TPSA) is 76.8 Å². The van der Waals surface area contributed by atoms with Crippen LogP contribution in [0.15, 0.2) is 137 Å². The molecule has 0 unspecified atom stereocenters. The van der Waals surface area contributed by atoms with Crippen LogP contribution in [0.4, 0.5) is 11.4 Å². The molecule has 4 N–H and O–H groups in total. The average molecular weight is 501 g/mol. The summed E-state index contributed by atoms with van der Waals surface area (Å²) in [5.74, 6) is 0.953. The first-order valence-electron chi connectivity index (χ1n) is 11.9. The molecule has 180 valence electrons. The van der Waals surface area contributed by atoms with Gasteiger partial charge in [0.05, 0.1) is 11.4 Å². The third kappa shape index (κ3) is 5.95. The molecule has 5 aromatic rings. The summed E-state index contributed by atoms with van der Waals surface area (Å²) in [6.07, 6.45) is 0.